The average Bonchev–Trinajstić information content (AvgIpc) is 3.01. The predicted octanol–water partition coefficient (Wildman–Crippen LogP) is -3.23. The number of amides is 2. The molecule has 0 aliphatic rings. The molecule has 0 aromatic carbocycles. The standard InChI is InChI=1S/C13H20N6O6/c14-7(2-10(15)20)11(21)19-9(13(24)25)4-17-8(12(22)23)1-6-3-16-5-18-6/h3,5,7-9,17H,1-2,4,14H2,(H2,15,20)(H,16,18)(H,19,21)(H,22,23)(H,24,25)/t7-,8-,9-/m0/s1. The van der Waals surface area contributed by atoms with E-state index in [0.29, 0.717) is 5.69 Å². The first kappa shape index (κ1) is 20.1. The van der Waals surface area contributed by atoms with Crippen LogP contribution in [0.4, 0.5) is 0 Å². The number of aromatic nitrogens is 2. The van der Waals surface area contributed by atoms with Crippen molar-refractivity contribution in [1.29, 1.82) is 0 Å². The first-order valence-corrected chi connectivity index (χ1v) is 7.21. The van der Waals surface area contributed by atoms with Crippen LogP contribution in [0.3, 0.4) is 0 Å². The van der Waals surface area contributed by atoms with Crippen LogP contribution >= 0.6 is 0 Å². The lowest BCUT2D eigenvalue weighted by molar-refractivity contribution is -0.143. The molecule has 25 heavy (non-hydrogen) atoms. The van der Waals surface area contributed by atoms with Crippen LogP contribution in [0.5, 0.6) is 0 Å². The Morgan fingerprint density at radius 3 is 2.32 bits per heavy atom. The molecule has 0 aliphatic carbocycles. The lowest BCUT2D eigenvalue weighted by atomic mass is 10.1. The molecule has 0 radical (unpaired) electrons. The van der Waals surface area contributed by atoms with Crippen LogP contribution in [0.1, 0.15) is 12.1 Å². The Morgan fingerprint density at radius 1 is 1.20 bits per heavy atom. The van der Waals surface area contributed by atoms with Gasteiger partial charge in [-0.3, -0.25) is 14.4 Å². The third-order valence-corrected chi connectivity index (χ3v) is 3.22. The number of carboxylic acid groups (broad SMARTS) is 2. The van der Waals surface area contributed by atoms with Crippen molar-refractivity contribution in [3.63, 3.8) is 0 Å². The van der Waals surface area contributed by atoms with Crippen molar-refractivity contribution in [2.75, 3.05) is 6.54 Å². The van der Waals surface area contributed by atoms with Gasteiger partial charge in [-0.1, -0.05) is 0 Å². The number of carbonyl (C=O) groups is 4. The molecule has 0 spiro atoms. The van der Waals surface area contributed by atoms with E-state index >= 15 is 0 Å². The number of aliphatic carboxylic acids is 2. The molecule has 138 valence electrons. The number of nitrogens with one attached hydrogen (secondary N) is 3. The van der Waals surface area contributed by atoms with Gasteiger partial charge in [0.05, 0.1) is 18.8 Å². The Balaban J connectivity index is 2.63. The number of carboxylic acids is 2. The predicted molar refractivity (Wildman–Crippen MR) is 83.1 cm³/mol. The molecular formula is C13H20N6O6. The van der Waals surface area contributed by atoms with Gasteiger partial charge in [0.1, 0.15) is 12.1 Å². The fourth-order valence-electron chi connectivity index (χ4n) is 1.91. The lowest BCUT2D eigenvalue weighted by Crippen LogP contribution is -2.54. The minimum atomic E-state index is -1.44. The van der Waals surface area contributed by atoms with E-state index in [0.717, 1.165) is 0 Å². The second-order valence-electron chi connectivity index (χ2n) is 5.26. The van der Waals surface area contributed by atoms with Crippen LogP contribution in [-0.4, -0.2) is 68.6 Å². The first-order valence-electron chi connectivity index (χ1n) is 7.21. The van der Waals surface area contributed by atoms with Gasteiger partial charge in [0.15, 0.2) is 0 Å². The van der Waals surface area contributed by atoms with Crippen LogP contribution < -0.4 is 22.1 Å². The van der Waals surface area contributed by atoms with E-state index in [-0.39, 0.29) is 13.0 Å². The zero-order chi connectivity index (χ0) is 19.0. The van der Waals surface area contributed by atoms with Gasteiger partial charge in [-0.15, -0.1) is 0 Å². The number of H-pyrrole nitrogens is 1. The maximum atomic E-state index is 11.8. The molecule has 3 atom stereocenters. The quantitative estimate of drug-likeness (QED) is 0.212. The number of hydrogen-bond donors (Lipinski definition) is 7. The largest absolute Gasteiger partial charge is 0.480 e. The van der Waals surface area contributed by atoms with Crippen LogP contribution in [0.25, 0.3) is 0 Å². The fraction of sp³-hybridized carbons (Fsp3) is 0.462. The smallest absolute Gasteiger partial charge is 0.327 e. The SMILES string of the molecule is NC(=O)C[C@H](N)C(=O)N[C@@H](CN[C@@H](Cc1cnc[nH]1)C(=O)O)C(=O)O. The monoisotopic (exact) mass is 356 g/mol. The molecule has 1 aromatic heterocycles. The second-order valence-corrected chi connectivity index (χ2v) is 5.26. The molecule has 0 saturated heterocycles. The lowest BCUT2D eigenvalue weighted by Gasteiger charge is -2.20. The summed E-state index contributed by atoms with van der Waals surface area (Å²) in [6.45, 7) is -0.366. The number of aromatic amines is 1. The van der Waals surface area contributed by atoms with E-state index in [1.165, 1.54) is 12.5 Å². The summed E-state index contributed by atoms with van der Waals surface area (Å²) >= 11 is 0. The van der Waals surface area contributed by atoms with Crippen LogP contribution in [-0.2, 0) is 25.6 Å². The van der Waals surface area contributed by atoms with Crippen molar-refractivity contribution >= 4 is 23.8 Å². The molecule has 0 saturated carbocycles. The maximum Gasteiger partial charge on any atom is 0.327 e. The maximum absolute atomic E-state index is 11.8. The highest BCUT2D eigenvalue weighted by Crippen LogP contribution is 1.99. The van der Waals surface area contributed by atoms with Crippen molar-refractivity contribution < 1.29 is 29.4 Å². The average molecular weight is 356 g/mol. The Bertz CT molecular complexity index is 619. The molecule has 12 nitrogen and oxygen atoms in total. The van der Waals surface area contributed by atoms with Crippen molar-refractivity contribution in [3.05, 3.63) is 18.2 Å². The zero-order valence-corrected chi connectivity index (χ0v) is 13.1. The molecule has 9 N–H and O–H groups in total. The van der Waals surface area contributed by atoms with Crippen LogP contribution in [0.15, 0.2) is 12.5 Å². The highest BCUT2D eigenvalue weighted by atomic mass is 16.4. The second kappa shape index (κ2) is 9.34. The van der Waals surface area contributed by atoms with Crippen molar-refractivity contribution in [1.82, 2.24) is 20.6 Å². The van der Waals surface area contributed by atoms with E-state index in [9.17, 15) is 24.3 Å². The molecule has 12 heteroatoms. The molecule has 1 rings (SSSR count). The minimum absolute atomic E-state index is 0.0385. The number of nitrogens with two attached hydrogens (primary N) is 2. The summed E-state index contributed by atoms with van der Waals surface area (Å²) in [5.41, 5.74) is 10.9. The summed E-state index contributed by atoms with van der Waals surface area (Å²) in [6, 6.07) is -3.83. The van der Waals surface area contributed by atoms with Crippen molar-refractivity contribution in [3.8, 4) is 0 Å². The fourth-order valence-corrected chi connectivity index (χ4v) is 1.91. The molecule has 1 heterocycles. The number of rotatable bonds is 11. The highest BCUT2D eigenvalue weighted by Gasteiger charge is 2.26. The number of nitrogens with zero attached hydrogens (tertiary/aromatic N) is 1. The van der Waals surface area contributed by atoms with E-state index in [2.05, 4.69) is 20.6 Å². The Labute approximate surface area is 142 Å². The zero-order valence-electron chi connectivity index (χ0n) is 13.1. The Kier molecular flexibility index (Phi) is 7.49. The Hall–Kier alpha value is -2.99. The summed E-state index contributed by atoms with van der Waals surface area (Å²) in [5.74, 6) is -4.28. The number of primary amides is 1. The highest BCUT2D eigenvalue weighted by molar-refractivity contribution is 5.90. The summed E-state index contributed by atoms with van der Waals surface area (Å²) in [5, 5.41) is 23.0. The van der Waals surface area contributed by atoms with Crippen molar-refractivity contribution in [2.45, 2.75) is 31.0 Å². The van der Waals surface area contributed by atoms with Gasteiger partial charge in [-0.2, -0.15) is 0 Å². The van der Waals surface area contributed by atoms with Crippen molar-refractivity contribution in [2.24, 2.45) is 11.5 Å². The van der Waals surface area contributed by atoms with Gasteiger partial charge in [0, 0.05) is 24.9 Å². The van der Waals surface area contributed by atoms with Gasteiger partial charge < -0.3 is 37.3 Å². The molecular weight excluding hydrogens is 336 g/mol. The minimum Gasteiger partial charge on any atom is -0.480 e. The summed E-state index contributed by atoms with van der Waals surface area (Å²) in [4.78, 5) is 51.5. The van der Waals surface area contributed by atoms with Gasteiger partial charge in [0.25, 0.3) is 0 Å². The summed E-state index contributed by atoms with van der Waals surface area (Å²) in [7, 11) is 0. The number of hydrogen-bond acceptors (Lipinski definition) is 7. The van der Waals surface area contributed by atoms with Gasteiger partial charge in [-0.25, -0.2) is 9.78 Å². The van der Waals surface area contributed by atoms with Gasteiger partial charge in [-0.05, 0) is 0 Å². The van der Waals surface area contributed by atoms with Crippen LogP contribution in [0, 0.1) is 0 Å². The normalized spacial score (nSPS) is 14.3. The summed E-state index contributed by atoms with van der Waals surface area (Å²) < 4.78 is 0. The summed E-state index contributed by atoms with van der Waals surface area (Å²) in [6.07, 6.45) is 2.42. The molecule has 0 aliphatic heterocycles. The molecule has 1 aromatic rings. The molecule has 0 bridgehead atoms. The molecule has 2 amide bonds. The molecule has 0 fully saturated rings. The van der Waals surface area contributed by atoms with Gasteiger partial charge in [0.2, 0.25) is 11.8 Å². The first-order chi connectivity index (χ1) is 11.7. The van der Waals surface area contributed by atoms with Crippen LogP contribution in [0.2, 0.25) is 0 Å². The Morgan fingerprint density at radius 2 is 1.84 bits per heavy atom. The number of carbonyl (C=O) groups excluding carboxylic acids is 2. The third kappa shape index (κ3) is 6.97. The van der Waals surface area contributed by atoms with E-state index in [1.807, 2.05) is 0 Å². The topological polar surface area (TPSA) is 214 Å². The number of imidazole rings is 1. The molecule has 0 unspecified atom stereocenters. The van der Waals surface area contributed by atoms with Gasteiger partial charge >= 0.3 is 11.9 Å². The third-order valence-electron chi connectivity index (χ3n) is 3.22. The van der Waals surface area contributed by atoms with E-state index < -0.39 is 48.3 Å². The van der Waals surface area contributed by atoms with E-state index in [4.69, 9.17) is 16.6 Å². The van der Waals surface area contributed by atoms with E-state index in [1.54, 1.807) is 0 Å².